The van der Waals surface area contributed by atoms with Gasteiger partial charge in [0.15, 0.2) is 0 Å². The third-order valence-corrected chi connectivity index (χ3v) is 6.27. The van der Waals surface area contributed by atoms with Crippen molar-refractivity contribution in [1.82, 2.24) is 4.90 Å². The lowest BCUT2D eigenvalue weighted by atomic mass is 10.1. The molecule has 3 aromatic carbocycles. The molecule has 1 saturated heterocycles. The summed E-state index contributed by atoms with van der Waals surface area (Å²) in [6, 6.07) is 21.4. The summed E-state index contributed by atoms with van der Waals surface area (Å²) in [6.45, 7) is 6.69. The van der Waals surface area contributed by atoms with Crippen molar-refractivity contribution in [3.8, 4) is 0 Å². The molecule has 4 nitrogen and oxygen atoms in total. The topological polar surface area (TPSA) is 35.6 Å². The van der Waals surface area contributed by atoms with Crippen LogP contribution in [0.5, 0.6) is 0 Å². The number of amides is 1. The number of piperazine rings is 1. The van der Waals surface area contributed by atoms with Crippen molar-refractivity contribution in [2.45, 2.75) is 13.5 Å². The van der Waals surface area contributed by atoms with Gasteiger partial charge in [0.1, 0.15) is 0 Å². The molecule has 0 atom stereocenters. The minimum Gasteiger partial charge on any atom is -0.369 e. The Morgan fingerprint density at radius 3 is 2.29 bits per heavy atom. The van der Waals surface area contributed by atoms with Crippen molar-refractivity contribution < 1.29 is 4.79 Å². The van der Waals surface area contributed by atoms with Gasteiger partial charge in [0.2, 0.25) is 0 Å². The average Bonchev–Trinajstić information content (AvgIpc) is 2.76. The molecule has 6 heteroatoms. The first-order chi connectivity index (χ1) is 15.0. The maximum absolute atomic E-state index is 12.5. The van der Waals surface area contributed by atoms with Gasteiger partial charge in [-0.15, -0.1) is 0 Å². The quantitative estimate of drug-likeness (QED) is 0.523. The second-order valence-electron chi connectivity index (χ2n) is 7.84. The van der Waals surface area contributed by atoms with Gasteiger partial charge >= 0.3 is 0 Å². The highest BCUT2D eigenvalue weighted by molar-refractivity contribution is 6.34. The number of nitrogens with zero attached hydrogens (tertiary/aromatic N) is 2. The highest BCUT2D eigenvalue weighted by atomic mass is 35.5. The summed E-state index contributed by atoms with van der Waals surface area (Å²) >= 11 is 12.5. The van der Waals surface area contributed by atoms with E-state index >= 15 is 0 Å². The van der Waals surface area contributed by atoms with Crippen LogP contribution in [0.3, 0.4) is 0 Å². The molecule has 1 aliphatic heterocycles. The fraction of sp³-hybridized carbons (Fsp3) is 0.240. The summed E-state index contributed by atoms with van der Waals surface area (Å²) < 4.78 is 0. The number of aryl methyl sites for hydroxylation is 1. The van der Waals surface area contributed by atoms with Crippen LogP contribution in [-0.4, -0.2) is 37.0 Å². The van der Waals surface area contributed by atoms with Crippen LogP contribution in [0.15, 0.2) is 66.7 Å². The number of hydrogen-bond donors (Lipinski definition) is 1. The molecule has 1 aliphatic rings. The van der Waals surface area contributed by atoms with Crippen molar-refractivity contribution in [3.63, 3.8) is 0 Å². The number of nitrogens with one attached hydrogen (secondary N) is 1. The number of hydrogen-bond acceptors (Lipinski definition) is 3. The Kier molecular flexibility index (Phi) is 6.81. The summed E-state index contributed by atoms with van der Waals surface area (Å²) in [5.41, 5.74) is 4.58. The molecule has 0 radical (unpaired) electrons. The number of benzene rings is 3. The molecule has 4 rings (SSSR count). The normalized spacial score (nSPS) is 14.5. The van der Waals surface area contributed by atoms with Crippen LogP contribution in [0.4, 0.5) is 11.4 Å². The number of anilines is 2. The molecule has 0 aromatic heterocycles. The first-order valence-corrected chi connectivity index (χ1v) is 11.1. The van der Waals surface area contributed by atoms with E-state index in [2.05, 4.69) is 33.3 Å². The molecule has 0 aliphatic carbocycles. The third-order valence-electron chi connectivity index (χ3n) is 5.58. The van der Waals surface area contributed by atoms with Crippen LogP contribution in [0.2, 0.25) is 10.0 Å². The highest BCUT2D eigenvalue weighted by Crippen LogP contribution is 2.23. The zero-order chi connectivity index (χ0) is 21.8. The third kappa shape index (κ3) is 5.40. The lowest BCUT2D eigenvalue weighted by Crippen LogP contribution is -2.46. The minimum atomic E-state index is -0.203. The fourth-order valence-electron chi connectivity index (χ4n) is 3.79. The van der Waals surface area contributed by atoms with Crippen LogP contribution in [0, 0.1) is 6.92 Å². The van der Waals surface area contributed by atoms with Crippen LogP contribution < -0.4 is 10.2 Å². The SMILES string of the molecule is Cc1ccc(C(=O)Nc2ccc(N3CCN(Cc4ccccc4Cl)CC3)cc2)c(Cl)c1. The molecule has 160 valence electrons. The van der Waals surface area contributed by atoms with Crippen molar-refractivity contribution in [1.29, 1.82) is 0 Å². The largest absolute Gasteiger partial charge is 0.369 e. The molecular weight excluding hydrogens is 429 g/mol. The van der Waals surface area contributed by atoms with E-state index in [0.717, 1.165) is 54.7 Å². The highest BCUT2D eigenvalue weighted by Gasteiger charge is 2.18. The van der Waals surface area contributed by atoms with Gasteiger partial charge in [-0.05, 0) is 60.5 Å². The number of carbonyl (C=O) groups is 1. The molecule has 1 N–H and O–H groups in total. The van der Waals surface area contributed by atoms with Crippen LogP contribution in [0.25, 0.3) is 0 Å². The van der Waals surface area contributed by atoms with E-state index in [4.69, 9.17) is 23.2 Å². The molecule has 31 heavy (non-hydrogen) atoms. The predicted octanol–water partition coefficient (Wildman–Crippen LogP) is 5.88. The molecule has 3 aromatic rings. The number of rotatable bonds is 5. The zero-order valence-electron chi connectivity index (χ0n) is 17.4. The van der Waals surface area contributed by atoms with Crippen LogP contribution >= 0.6 is 23.2 Å². The maximum Gasteiger partial charge on any atom is 0.257 e. The molecule has 0 unspecified atom stereocenters. The van der Waals surface area contributed by atoms with E-state index in [1.807, 2.05) is 43.3 Å². The molecule has 1 amide bonds. The Labute approximate surface area is 193 Å². The standard InChI is InChI=1S/C25H25Cl2N3O/c1-18-6-11-22(24(27)16-18)25(31)28-20-7-9-21(10-8-20)30-14-12-29(13-15-30)17-19-4-2-3-5-23(19)26/h2-11,16H,12-15,17H2,1H3,(H,28,31). The van der Waals surface area contributed by atoms with Crippen molar-refractivity contribution >= 4 is 40.5 Å². The van der Waals surface area contributed by atoms with Gasteiger partial charge in [-0.25, -0.2) is 0 Å². The Morgan fingerprint density at radius 1 is 0.903 bits per heavy atom. The molecule has 1 heterocycles. The van der Waals surface area contributed by atoms with Gasteiger partial charge in [0, 0.05) is 49.1 Å². The van der Waals surface area contributed by atoms with Gasteiger partial charge in [0.25, 0.3) is 5.91 Å². The molecule has 1 fully saturated rings. The van der Waals surface area contributed by atoms with Gasteiger partial charge < -0.3 is 10.2 Å². The molecule has 0 bridgehead atoms. The van der Waals surface area contributed by atoms with E-state index in [1.165, 1.54) is 5.56 Å². The smallest absolute Gasteiger partial charge is 0.257 e. The van der Waals surface area contributed by atoms with Crippen molar-refractivity contribution in [2.75, 3.05) is 36.4 Å². The van der Waals surface area contributed by atoms with Crippen molar-refractivity contribution in [3.05, 3.63) is 93.5 Å². The Bertz CT molecular complexity index is 1060. The zero-order valence-corrected chi connectivity index (χ0v) is 19.0. The minimum absolute atomic E-state index is 0.203. The van der Waals surface area contributed by atoms with Gasteiger partial charge in [-0.3, -0.25) is 9.69 Å². The second-order valence-corrected chi connectivity index (χ2v) is 8.65. The number of carbonyl (C=O) groups excluding carboxylic acids is 1. The second kappa shape index (κ2) is 9.73. The summed E-state index contributed by atoms with van der Waals surface area (Å²) in [5.74, 6) is -0.203. The summed E-state index contributed by atoms with van der Waals surface area (Å²) in [5, 5.41) is 4.22. The van der Waals surface area contributed by atoms with E-state index < -0.39 is 0 Å². The molecule has 0 saturated carbocycles. The lowest BCUT2D eigenvalue weighted by Gasteiger charge is -2.36. The van der Waals surface area contributed by atoms with Crippen LogP contribution in [-0.2, 0) is 6.54 Å². The average molecular weight is 454 g/mol. The summed E-state index contributed by atoms with van der Waals surface area (Å²) in [7, 11) is 0. The van der Waals surface area contributed by atoms with Gasteiger partial charge in [0.05, 0.1) is 10.6 Å². The summed E-state index contributed by atoms with van der Waals surface area (Å²) in [6.07, 6.45) is 0. The first-order valence-electron chi connectivity index (χ1n) is 10.4. The molecular formula is C25H25Cl2N3O. The van der Waals surface area contributed by atoms with Crippen LogP contribution in [0.1, 0.15) is 21.5 Å². The monoisotopic (exact) mass is 453 g/mol. The summed E-state index contributed by atoms with van der Waals surface area (Å²) in [4.78, 5) is 17.3. The van der Waals surface area contributed by atoms with E-state index in [9.17, 15) is 4.79 Å². The van der Waals surface area contributed by atoms with Gasteiger partial charge in [-0.1, -0.05) is 47.5 Å². The Hall–Kier alpha value is -2.53. The Balaban J connectivity index is 1.32. The first kappa shape index (κ1) is 21.7. The maximum atomic E-state index is 12.5. The van der Waals surface area contributed by atoms with E-state index in [1.54, 1.807) is 12.1 Å². The number of halogens is 2. The van der Waals surface area contributed by atoms with E-state index in [-0.39, 0.29) is 5.91 Å². The molecule has 0 spiro atoms. The van der Waals surface area contributed by atoms with Gasteiger partial charge in [-0.2, -0.15) is 0 Å². The fourth-order valence-corrected chi connectivity index (χ4v) is 4.31. The predicted molar refractivity (Wildman–Crippen MR) is 130 cm³/mol. The van der Waals surface area contributed by atoms with Crippen molar-refractivity contribution in [2.24, 2.45) is 0 Å². The lowest BCUT2D eigenvalue weighted by molar-refractivity contribution is 0.102. The van der Waals surface area contributed by atoms with E-state index in [0.29, 0.717) is 10.6 Å². The Morgan fingerprint density at radius 2 is 1.61 bits per heavy atom.